The van der Waals surface area contributed by atoms with Crippen LogP contribution < -0.4 is 0 Å². The second-order valence-electron chi connectivity index (χ2n) is 6.19. The molecule has 0 N–H and O–H groups in total. The number of piperidine rings is 1. The van der Waals surface area contributed by atoms with E-state index in [-0.39, 0.29) is 12.1 Å². The Morgan fingerprint density at radius 3 is 2.00 bits per heavy atom. The quantitative estimate of drug-likeness (QED) is 0.851. The molecule has 1 saturated heterocycles. The zero-order valence-electron chi connectivity index (χ0n) is 12.8. The summed E-state index contributed by atoms with van der Waals surface area (Å²) < 4.78 is 27.3. The molecule has 4 heteroatoms. The summed E-state index contributed by atoms with van der Waals surface area (Å²) in [6.45, 7) is 8.24. The summed E-state index contributed by atoms with van der Waals surface area (Å²) in [6, 6.07) is 7.53. The molecule has 0 bridgehead atoms. The average Bonchev–Trinajstić information content (AvgIpc) is 2.38. The Balaban J connectivity index is 2.34. The lowest BCUT2D eigenvalue weighted by Gasteiger charge is -2.37. The van der Waals surface area contributed by atoms with Crippen LogP contribution in [0.2, 0.25) is 0 Å². The third-order valence-electron chi connectivity index (χ3n) is 4.23. The molecule has 3 nitrogen and oxygen atoms in total. The molecule has 0 unspecified atom stereocenters. The van der Waals surface area contributed by atoms with E-state index in [0.29, 0.717) is 10.8 Å². The fraction of sp³-hybridized carbons (Fsp3) is 0.625. The predicted octanol–water partition coefficient (Wildman–Crippen LogP) is 3.76. The van der Waals surface area contributed by atoms with Gasteiger partial charge in [0.05, 0.1) is 4.90 Å². The maximum atomic E-state index is 12.8. The lowest BCUT2D eigenvalue weighted by atomic mass is 10.0. The van der Waals surface area contributed by atoms with Gasteiger partial charge in [-0.1, -0.05) is 32.4 Å². The highest BCUT2D eigenvalue weighted by atomic mass is 32.2. The molecule has 1 aliphatic rings. The summed E-state index contributed by atoms with van der Waals surface area (Å²) in [4.78, 5) is 0.419. The van der Waals surface area contributed by atoms with E-state index in [1.54, 1.807) is 16.4 Å². The van der Waals surface area contributed by atoms with Gasteiger partial charge in [-0.25, -0.2) is 8.42 Å². The molecule has 0 radical (unpaired) electrons. The minimum atomic E-state index is -3.37. The first-order valence-corrected chi connectivity index (χ1v) is 8.91. The summed E-state index contributed by atoms with van der Waals surface area (Å²) in [5.41, 5.74) is 1.17. The minimum Gasteiger partial charge on any atom is -0.207 e. The molecule has 0 saturated carbocycles. The van der Waals surface area contributed by atoms with E-state index in [2.05, 4.69) is 13.8 Å². The first-order valence-electron chi connectivity index (χ1n) is 7.47. The van der Waals surface area contributed by atoms with Crippen molar-refractivity contribution < 1.29 is 8.42 Å². The summed E-state index contributed by atoms with van der Waals surface area (Å²) in [6.07, 6.45) is 3.02. The van der Waals surface area contributed by atoms with Crippen LogP contribution in [0.3, 0.4) is 0 Å². The molecule has 0 spiro atoms. The number of nitrogens with zero attached hydrogens (tertiary/aromatic N) is 1. The highest BCUT2D eigenvalue weighted by Crippen LogP contribution is 2.30. The van der Waals surface area contributed by atoms with E-state index in [4.69, 9.17) is 0 Å². The first-order chi connectivity index (χ1) is 9.34. The van der Waals surface area contributed by atoms with Crippen LogP contribution in [0.15, 0.2) is 29.2 Å². The molecule has 112 valence electrons. The van der Waals surface area contributed by atoms with Gasteiger partial charge in [0.25, 0.3) is 0 Å². The van der Waals surface area contributed by atoms with Crippen molar-refractivity contribution >= 4 is 10.0 Å². The molecule has 2 rings (SSSR count). The second-order valence-corrected chi connectivity index (χ2v) is 8.03. The molecule has 0 amide bonds. The second kappa shape index (κ2) is 5.86. The number of rotatable bonds is 3. The third-order valence-corrected chi connectivity index (χ3v) is 6.38. The van der Waals surface area contributed by atoms with Gasteiger partial charge in [0.15, 0.2) is 0 Å². The van der Waals surface area contributed by atoms with Crippen molar-refractivity contribution in [3.8, 4) is 0 Å². The lowest BCUT2D eigenvalue weighted by molar-refractivity contribution is 0.204. The Kier molecular flexibility index (Phi) is 4.55. The largest absolute Gasteiger partial charge is 0.243 e. The van der Waals surface area contributed by atoms with Gasteiger partial charge in [0, 0.05) is 12.1 Å². The van der Waals surface area contributed by atoms with Gasteiger partial charge in [-0.2, -0.15) is 4.31 Å². The monoisotopic (exact) mass is 295 g/mol. The van der Waals surface area contributed by atoms with E-state index in [0.717, 1.165) is 19.3 Å². The van der Waals surface area contributed by atoms with Gasteiger partial charge in [-0.3, -0.25) is 0 Å². The van der Waals surface area contributed by atoms with Gasteiger partial charge < -0.3 is 0 Å². The predicted molar refractivity (Wildman–Crippen MR) is 82.3 cm³/mol. The first kappa shape index (κ1) is 15.5. The fourth-order valence-electron chi connectivity index (χ4n) is 3.02. The van der Waals surface area contributed by atoms with Crippen molar-refractivity contribution in [2.75, 3.05) is 0 Å². The Morgan fingerprint density at radius 2 is 1.55 bits per heavy atom. The maximum Gasteiger partial charge on any atom is 0.243 e. The Morgan fingerprint density at radius 1 is 1.05 bits per heavy atom. The highest BCUT2D eigenvalue weighted by Gasteiger charge is 2.35. The van der Waals surface area contributed by atoms with Gasteiger partial charge in [-0.05, 0) is 50.3 Å². The zero-order valence-corrected chi connectivity index (χ0v) is 13.7. The van der Waals surface area contributed by atoms with Crippen LogP contribution in [0, 0.1) is 0 Å². The molecular formula is C16H25NO2S. The Labute approximate surface area is 123 Å². The van der Waals surface area contributed by atoms with Crippen molar-refractivity contribution in [2.24, 2.45) is 0 Å². The molecule has 1 fully saturated rings. The lowest BCUT2D eigenvalue weighted by Crippen LogP contribution is -2.47. The summed E-state index contributed by atoms with van der Waals surface area (Å²) in [7, 11) is -3.37. The van der Waals surface area contributed by atoms with Crippen LogP contribution in [-0.4, -0.2) is 24.8 Å². The zero-order chi connectivity index (χ0) is 14.9. The third kappa shape index (κ3) is 2.91. The van der Waals surface area contributed by atoms with Crippen LogP contribution >= 0.6 is 0 Å². The molecule has 0 aliphatic carbocycles. The van der Waals surface area contributed by atoms with Gasteiger partial charge in [0.2, 0.25) is 10.0 Å². The molecule has 1 heterocycles. The van der Waals surface area contributed by atoms with Crippen molar-refractivity contribution in [1.82, 2.24) is 4.31 Å². The van der Waals surface area contributed by atoms with Gasteiger partial charge >= 0.3 is 0 Å². The van der Waals surface area contributed by atoms with Gasteiger partial charge in [-0.15, -0.1) is 0 Å². The van der Waals surface area contributed by atoms with Crippen LogP contribution in [0.5, 0.6) is 0 Å². The number of benzene rings is 1. The molecule has 1 aromatic rings. The normalized spacial score (nSPS) is 25.1. The summed E-state index contributed by atoms with van der Waals surface area (Å²) in [5.74, 6) is 0.416. The van der Waals surface area contributed by atoms with E-state index >= 15 is 0 Å². The summed E-state index contributed by atoms with van der Waals surface area (Å²) >= 11 is 0. The molecular weight excluding hydrogens is 270 g/mol. The van der Waals surface area contributed by atoms with Crippen molar-refractivity contribution in [3.63, 3.8) is 0 Å². The SMILES string of the molecule is CC(C)c1ccc(S(=O)(=O)N2[C@H](C)CCC[C@@H]2C)cc1. The molecule has 1 aromatic carbocycles. The summed E-state index contributed by atoms with van der Waals surface area (Å²) in [5, 5.41) is 0. The van der Waals surface area contributed by atoms with Crippen LogP contribution in [0.25, 0.3) is 0 Å². The Bertz CT molecular complexity index is 538. The van der Waals surface area contributed by atoms with E-state index in [1.165, 1.54) is 5.56 Å². The van der Waals surface area contributed by atoms with Crippen LogP contribution in [0.4, 0.5) is 0 Å². The van der Waals surface area contributed by atoms with Crippen molar-refractivity contribution in [1.29, 1.82) is 0 Å². The standard InChI is InChI=1S/C16H25NO2S/c1-12(2)15-8-10-16(11-9-15)20(18,19)17-13(3)6-5-7-14(17)4/h8-14H,5-7H2,1-4H3/t13-,14+. The molecule has 0 aromatic heterocycles. The average molecular weight is 295 g/mol. The molecule has 1 aliphatic heterocycles. The van der Waals surface area contributed by atoms with Crippen molar-refractivity contribution in [3.05, 3.63) is 29.8 Å². The van der Waals surface area contributed by atoms with E-state index < -0.39 is 10.0 Å². The highest BCUT2D eigenvalue weighted by molar-refractivity contribution is 7.89. The Hall–Kier alpha value is -0.870. The van der Waals surface area contributed by atoms with Crippen LogP contribution in [-0.2, 0) is 10.0 Å². The molecule has 2 atom stereocenters. The smallest absolute Gasteiger partial charge is 0.207 e. The van der Waals surface area contributed by atoms with E-state index in [1.807, 2.05) is 26.0 Å². The van der Waals surface area contributed by atoms with E-state index in [9.17, 15) is 8.42 Å². The molecule has 20 heavy (non-hydrogen) atoms. The number of hydrogen-bond acceptors (Lipinski definition) is 2. The minimum absolute atomic E-state index is 0.0912. The topological polar surface area (TPSA) is 37.4 Å². The van der Waals surface area contributed by atoms with Gasteiger partial charge in [0.1, 0.15) is 0 Å². The fourth-order valence-corrected chi connectivity index (χ4v) is 4.90. The maximum absolute atomic E-state index is 12.8. The number of hydrogen-bond donors (Lipinski definition) is 0. The van der Waals surface area contributed by atoms with Crippen molar-refractivity contribution in [2.45, 2.75) is 69.9 Å². The number of sulfonamides is 1. The van der Waals surface area contributed by atoms with Crippen LogP contribution in [0.1, 0.15) is 58.4 Å².